The van der Waals surface area contributed by atoms with Gasteiger partial charge in [-0.3, -0.25) is 4.79 Å². The van der Waals surface area contributed by atoms with Crippen LogP contribution in [-0.2, 0) is 17.6 Å². The molecular weight excluding hydrogens is 494 g/mol. The molecule has 0 saturated heterocycles. The number of carbonyl (C=O) groups excluding carboxylic acids is 1. The Labute approximate surface area is 198 Å². The molecule has 3 aromatic rings. The van der Waals surface area contributed by atoms with Gasteiger partial charge in [-0.05, 0) is 36.2 Å². The minimum atomic E-state index is -0.318. The van der Waals surface area contributed by atoms with Crippen LogP contribution in [0.3, 0.4) is 0 Å². The molecule has 0 aliphatic rings. The molecule has 1 aromatic heterocycles. The van der Waals surface area contributed by atoms with Gasteiger partial charge in [0, 0.05) is 10.0 Å². The average Bonchev–Trinajstić information content (AvgIpc) is 3.18. The number of benzene rings is 2. The zero-order chi connectivity index (χ0) is 22.8. The quantitative estimate of drug-likeness (QED) is 0.174. The molecule has 0 radical (unpaired) electrons. The van der Waals surface area contributed by atoms with E-state index in [4.69, 9.17) is 15.2 Å². The monoisotopic (exact) mass is 515 g/mol. The summed E-state index contributed by atoms with van der Waals surface area (Å²) in [5.74, 6) is 1.11. The maximum Gasteiger partial charge on any atom is 0.247 e. The smallest absolute Gasteiger partial charge is 0.247 e. The Hall–Kier alpha value is -3.24. The molecule has 2 aromatic carbocycles. The minimum absolute atomic E-state index is 0.0543. The first-order chi connectivity index (χ1) is 15.5. The van der Waals surface area contributed by atoms with Crippen LogP contribution in [0.15, 0.2) is 64.7 Å². The van der Waals surface area contributed by atoms with Crippen molar-refractivity contribution >= 4 is 44.5 Å². The van der Waals surface area contributed by atoms with Crippen LogP contribution in [0.5, 0.6) is 11.5 Å². The number of hydrogen-bond donors (Lipinski definition) is 2. The van der Waals surface area contributed by atoms with Crippen LogP contribution in [0.1, 0.15) is 16.1 Å². The Balaban J connectivity index is 1.53. The molecule has 1 amide bonds. The summed E-state index contributed by atoms with van der Waals surface area (Å²) in [7, 11) is 0. The summed E-state index contributed by atoms with van der Waals surface area (Å²) in [5.41, 5.74) is 9.76. The van der Waals surface area contributed by atoms with Crippen LogP contribution >= 0.6 is 27.3 Å². The van der Waals surface area contributed by atoms with Crippen molar-refractivity contribution in [3.05, 3.63) is 75.7 Å². The Bertz CT molecular complexity index is 1100. The summed E-state index contributed by atoms with van der Waals surface area (Å²) in [5, 5.41) is 12.4. The van der Waals surface area contributed by atoms with E-state index in [0.29, 0.717) is 34.7 Å². The van der Waals surface area contributed by atoms with Gasteiger partial charge in [0.05, 0.1) is 12.6 Å². The number of allylic oxidation sites excluding steroid dienone is 1. The summed E-state index contributed by atoms with van der Waals surface area (Å²) in [6.07, 6.45) is 4.15. The maximum absolute atomic E-state index is 12.0. The van der Waals surface area contributed by atoms with E-state index >= 15 is 0 Å². The lowest BCUT2D eigenvalue weighted by atomic mass is 10.1. The second-order valence-corrected chi connectivity index (χ2v) is 8.49. The highest BCUT2D eigenvalue weighted by molar-refractivity contribution is 9.10. The number of nitrogens with one attached hydrogen (secondary N) is 1. The molecule has 0 fully saturated rings. The zero-order valence-electron chi connectivity index (χ0n) is 17.2. The molecule has 0 atom stereocenters. The predicted octanol–water partition coefficient (Wildman–Crippen LogP) is 3.76. The molecule has 0 aliphatic carbocycles. The number of amides is 1. The molecule has 0 unspecified atom stereocenters. The van der Waals surface area contributed by atoms with E-state index in [-0.39, 0.29) is 12.3 Å². The van der Waals surface area contributed by atoms with E-state index in [1.165, 1.54) is 6.21 Å². The van der Waals surface area contributed by atoms with E-state index in [0.717, 1.165) is 33.5 Å². The van der Waals surface area contributed by atoms with Gasteiger partial charge in [-0.2, -0.15) is 5.10 Å². The lowest BCUT2D eigenvalue weighted by molar-refractivity contribution is -0.120. The van der Waals surface area contributed by atoms with Crippen molar-refractivity contribution in [1.29, 1.82) is 0 Å². The number of para-hydroxylation sites is 1. The molecule has 0 spiro atoms. The number of ether oxygens (including phenoxy) is 2. The fraction of sp³-hybridized carbons (Fsp3) is 0.182. The Morgan fingerprint density at radius 1 is 1.19 bits per heavy atom. The van der Waals surface area contributed by atoms with Gasteiger partial charge in [0.2, 0.25) is 11.0 Å². The molecule has 32 heavy (non-hydrogen) atoms. The number of hydrazone groups is 1. The van der Waals surface area contributed by atoms with Crippen LogP contribution in [-0.4, -0.2) is 35.5 Å². The predicted molar refractivity (Wildman–Crippen MR) is 129 cm³/mol. The zero-order valence-corrected chi connectivity index (χ0v) is 19.6. The summed E-state index contributed by atoms with van der Waals surface area (Å²) >= 11 is 4.60. The van der Waals surface area contributed by atoms with Gasteiger partial charge >= 0.3 is 0 Å². The summed E-state index contributed by atoms with van der Waals surface area (Å²) < 4.78 is 12.6. The van der Waals surface area contributed by atoms with Gasteiger partial charge in [0.25, 0.3) is 0 Å². The Morgan fingerprint density at radius 3 is 2.72 bits per heavy atom. The first-order valence-electron chi connectivity index (χ1n) is 9.69. The van der Waals surface area contributed by atoms with Crippen molar-refractivity contribution in [1.82, 2.24) is 15.6 Å². The third kappa shape index (κ3) is 7.17. The van der Waals surface area contributed by atoms with Crippen molar-refractivity contribution in [3.63, 3.8) is 0 Å². The molecule has 166 valence electrons. The number of carbonyl (C=O) groups is 1. The van der Waals surface area contributed by atoms with Crippen LogP contribution < -0.4 is 20.6 Å². The fourth-order valence-electron chi connectivity index (χ4n) is 2.71. The number of nitrogen functional groups attached to an aromatic ring is 1. The van der Waals surface area contributed by atoms with Crippen molar-refractivity contribution in [3.8, 4) is 11.5 Å². The number of aromatic nitrogens is 2. The minimum Gasteiger partial charge on any atom is -0.490 e. The van der Waals surface area contributed by atoms with E-state index < -0.39 is 0 Å². The van der Waals surface area contributed by atoms with Gasteiger partial charge in [0.1, 0.15) is 29.7 Å². The third-order valence-corrected chi connectivity index (χ3v) is 5.34. The number of anilines is 1. The molecular formula is C22H22BrN5O3S. The first kappa shape index (κ1) is 23.4. The lowest BCUT2D eigenvalue weighted by Crippen LogP contribution is -2.19. The molecule has 0 bridgehead atoms. The summed E-state index contributed by atoms with van der Waals surface area (Å²) in [6, 6.07) is 13.4. The van der Waals surface area contributed by atoms with Crippen molar-refractivity contribution in [2.45, 2.75) is 12.8 Å². The van der Waals surface area contributed by atoms with Crippen molar-refractivity contribution in [2.75, 3.05) is 18.9 Å². The van der Waals surface area contributed by atoms with Crippen molar-refractivity contribution < 1.29 is 14.3 Å². The lowest BCUT2D eigenvalue weighted by Gasteiger charge is -2.12. The summed E-state index contributed by atoms with van der Waals surface area (Å²) in [6.45, 7) is 4.49. The van der Waals surface area contributed by atoms with Gasteiger partial charge in [-0.1, -0.05) is 51.5 Å². The molecule has 0 saturated carbocycles. The van der Waals surface area contributed by atoms with Gasteiger partial charge < -0.3 is 15.2 Å². The maximum atomic E-state index is 12.0. The molecule has 1 heterocycles. The van der Waals surface area contributed by atoms with E-state index in [2.05, 4.69) is 43.2 Å². The van der Waals surface area contributed by atoms with Gasteiger partial charge in [-0.25, -0.2) is 5.43 Å². The highest BCUT2D eigenvalue weighted by atomic mass is 79.9. The fourth-order valence-corrected chi connectivity index (χ4v) is 3.70. The van der Waals surface area contributed by atoms with Crippen LogP contribution in [0, 0.1) is 0 Å². The number of halogens is 1. The highest BCUT2D eigenvalue weighted by Crippen LogP contribution is 2.22. The SMILES string of the molecule is C=CCc1ccccc1OCCOc1ccc(Br)cc1/C=N/NC(=O)Cc1nnc(N)s1. The average molecular weight is 516 g/mol. The normalized spacial score (nSPS) is 10.8. The second-order valence-electron chi connectivity index (χ2n) is 6.48. The molecule has 8 nitrogen and oxygen atoms in total. The third-order valence-electron chi connectivity index (χ3n) is 4.09. The van der Waals surface area contributed by atoms with Crippen molar-refractivity contribution in [2.24, 2.45) is 5.10 Å². The number of nitrogens with two attached hydrogens (primary N) is 1. The summed E-state index contributed by atoms with van der Waals surface area (Å²) in [4.78, 5) is 12.0. The number of hydrogen-bond acceptors (Lipinski definition) is 8. The molecule has 3 N–H and O–H groups in total. The number of nitrogens with zero attached hydrogens (tertiary/aromatic N) is 3. The van der Waals surface area contributed by atoms with E-state index in [1.807, 2.05) is 48.5 Å². The topological polar surface area (TPSA) is 112 Å². The highest BCUT2D eigenvalue weighted by Gasteiger charge is 2.08. The second kappa shape index (κ2) is 12.0. The van der Waals surface area contributed by atoms with Gasteiger partial charge in [-0.15, -0.1) is 16.8 Å². The Kier molecular flexibility index (Phi) is 8.76. The van der Waals surface area contributed by atoms with E-state index in [1.54, 1.807) is 0 Å². The molecule has 3 rings (SSSR count). The van der Waals surface area contributed by atoms with Crippen LogP contribution in [0.25, 0.3) is 0 Å². The molecule has 0 aliphatic heterocycles. The largest absolute Gasteiger partial charge is 0.490 e. The van der Waals surface area contributed by atoms with Gasteiger partial charge in [0.15, 0.2) is 0 Å². The first-order valence-corrected chi connectivity index (χ1v) is 11.3. The number of rotatable bonds is 11. The van der Waals surface area contributed by atoms with Crippen LogP contribution in [0.4, 0.5) is 5.13 Å². The van der Waals surface area contributed by atoms with Crippen LogP contribution in [0.2, 0.25) is 0 Å². The standard InChI is InChI=1S/C22H22BrN5O3S/c1-2-5-15-6-3-4-7-18(15)30-10-11-31-19-9-8-17(23)12-16(19)14-25-26-20(29)13-21-27-28-22(24)32-21/h2-4,6-9,12,14H,1,5,10-11,13H2,(H2,24,28)(H,26,29)/b25-14+. The molecule has 10 heteroatoms. The Morgan fingerprint density at radius 2 is 1.97 bits per heavy atom. The van der Waals surface area contributed by atoms with E-state index in [9.17, 15) is 4.79 Å².